The minimum absolute atomic E-state index is 0.788. The van der Waals surface area contributed by atoms with E-state index in [0.717, 1.165) is 21.3 Å². The molecule has 1 aromatic carbocycles. The molecule has 0 saturated heterocycles. The van der Waals surface area contributed by atoms with Crippen molar-refractivity contribution in [2.75, 3.05) is 26.6 Å². The summed E-state index contributed by atoms with van der Waals surface area (Å²) in [6, 6.07) is 0. The second kappa shape index (κ2) is 7.89. The molecule has 1 amide bonds. The third kappa shape index (κ3) is 3.80. The Labute approximate surface area is 137 Å². The zero-order valence-electron chi connectivity index (χ0n) is 12.9. The minimum Gasteiger partial charge on any atom is -0.468 e. The van der Waals surface area contributed by atoms with E-state index in [1.54, 1.807) is 0 Å². The second-order valence-corrected chi connectivity index (χ2v) is 6.59. The molecule has 1 N–H and O–H groups in total. The molecule has 1 atom stereocenters. The number of carbonyl (C=O) groups excluding carboxylic acids is 2. The predicted molar refractivity (Wildman–Crippen MR) is 72.3 cm³/mol. The van der Waals surface area contributed by atoms with E-state index in [2.05, 4.69) is 13.8 Å². The summed E-state index contributed by atoms with van der Waals surface area (Å²) < 4.78 is 91.8. The number of nitrogens with one attached hydrogen (secondary N) is 1. The van der Waals surface area contributed by atoms with Crippen molar-refractivity contribution in [3.05, 3.63) is 29.1 Å². The van der Waals surface area contributed by atoms with Crippen LogP contribution in [-0.2, 0) is 27.9 Å². The van der Waals surface area contributed by atoms with Gasteiger partial charge in [-0.15, -0.1) is 0 Å². The fraction of sp³-hybridized carbons (Fsp3) is 0.333. The van der Waals surface area contributed by atoms with Crippen LogP contribution < -0.4 is 5.32 Å². The molecule has 0 unspecified atom stereocenters. The van der Waals surface area contributed by atoms with Gasteiger partial charge in [0.25, 0.3) is 5.91 Å². The summed E-state index contributed by atoms with van der Waals surface area (Å²) in [6.07, 6.45) is 0. The third-order valence-corrected chi connectivity index (χ3v) is 5.05. The molecule has 0 aliphatic rings. The highest BCUT2D eigenvalue weighted by Crippen LogP contribution is 2.52. The van der Waals surface area contributed by atoms with Crippen LogP contribution in [0.25, 0.3) is 0 Å². The molecule has 0 bridgehead atoms. The number of benzene rings is 1. The summed E-state index contributed by atoms with van der Waals surface area (Å²) in [6.45, 7) is 0. The maximum absolute atomic E-state index is 13.6. The van der Waals surface area contributed by atoms with Crippen LogP contribution in [0, 0.1) is 29.1 Å². The van der Waals surface area contributed by atoms with Crippen LogP contribution in [0.3, 0.4) is 0 Å². The zero-order valence-corrected chi connectivity index (χ0v) is 13.8. The average molecular weight is 391 g/mol. The molecule has 7 nitrogen and oxygen atoms in total. The van der Waals surface area contributed by atoms with Crippen LogP contribution in [0.4, 0.5) is 27.6 Å². The summed E-state index contributed by atoms with van der Waals surface area (Å²) in [4.78, 5) is 23.7. The van der Waals surface area contributed by atoms with Crippen LogP contribution in [0.15, 0.2) is 0 Å². The number of rotatable bonds is 6. The molecule has 13 heteroatoms. The Morgan fingerprint density at radius 2 is 1.28 bits per heavy atom. The molecule has 0 saturated carbocycles. The smallest absolute Gasteiger partial charge is 0.353 e. The number of halogens is 5. The van der Waals surface area contributed by atoms with Gasteiger partial charge in [-0.2, -0.15) is 0 Å². The normalized spacial score (nSPS) is 12.6. The molecule has 0 aliphatic heterocycles. The first-order valence-corrected chi connectivity index (χ1v) is 7.78. The monoisotopic (exact) mass is 391 g/mol. The Kier molecular flexibility index (Phi) is 6.63. The van der Waals surface area contributed by atoms with Crippen molar-refractivity contribution >= 4 is 25.2 Å². The van der Waals surface area contributed by atoms with Gasteiger partial charge in [-0.25, -0.2) is 22.0 Å². The van der Waals surface area contributed by atoms with Crippen molar-refractivity contribution in [1.82, 2.24) is 0 Å². The number of hydrogen-bond acceptors (Lipinski definition) is 6. The van der Waals surface area contributed by atoms with E-state index >= 15 is 0 Å². The molecular formula is C12H11F5NO6P. The first kappa shape index (κ1) is 21.0. The number of amides is 1. The van der Waals surface area contributed by atoms with Gasteiger partial charge in [-0.05, 0) is 0 Å². The Bertz CT molecular complexity index is 721. The van der Waals surface area contributed by atoms with Gasteiger partial charge < -0.3 is 19.1 Å². The van der Waals surface area contributed by atoms with Crippen molar-refractivity contribution in [2.45, 2.75) is 5.66 Å². The molecule has 140 valence electrons. The quantitative estimate of drug-likeness (QED) is 0.200. The van der Waals surface area contributed by atoms with Gasteiger partial charge in [-0.3, -0.25) is 14.2 Å². The fourth-order valence-corrected chi connectivity index (χ4v) is 2.97. The number of anilines is 1. The summed E-state index contributed by atoms with van der Waals surface area (Å²) in [5.74, 6) is -15.1. The van der Waals surface area contributed by atoms with Gasteiger partial charge in [0.2, 0.25) is 11.5 Å². The number of hydrogen-bond donors (Lipinski definition) is 1. The fourth-order valence-electron chi connectivity index (χ4n) is 1.68. The van der Waals surface area contributed by atoms with Gasteiger partial charge in [-0.1, -0.05) is 0 Å². The van der Waals surface area contributed by atoms with E-state index in [1.807, 2.05) is 0 Å². The number of esters is 1. The molecule has 1 aromatic rings. The Hall–Kier alpha value is -2.04. The second-order valence-electron chi connectivity index (χ2n) is 4.26. The predicted octanol–water partition coefficient (Wildman–Crippen LogP) is 2.35. The first-order chi connectivity index (χ1) is 11.5. The van der Waals surface area contributed by atoms with Gasteiger partial charge in [0, 0.05) is 14.2 Å². The summed E-state index contributed by atoms with van der Waals surface area (Å²) in [7, 11) is -2.13. The molecule has 25 heavy (non-hydrogen) atoms. The number of methoxy groups -OCH3 is 1. The third-order valence-electron chi connectivity index (χ3n) is 2.96. The lowest BCUT2D eigenvalue weighted by atomic mass is 10.2. The highest BCUT2D eigenvalue weighted by atomic mass is 31.2. The molecule has 0 spiro atoms. The standard InChI is InChI=1S/C12H11F5NO6P/c1-22-12(20)10(25(21,23-2)24-3)11(19)18-9-7(16)5(14)4(13)6(15)8(9)17/h10H,1-3H3,(H,18,19)/t10-/m0/s1. The molecular weight excluding hydrogens is 380 g/mol. The average Bonchev–Trinajstić information content (AvgIpc) is 2.61. The van der Waals surface area contributed by atoms with Gasteiger partial charge in [0.1, 0.15) is 5.69 Å². The minimum atomic E-state index is -4.51. The SMILES string of the molecule is COC(=O)[C@H](C(=O)Nc1c(F)c(F)c(F)c(F)c1F)P(=O)(OC)OC. The van der Waals surface area contributed by atoms with Crippen LogP contribution in [-0.4, -0.2) is 38.9 Å². The van der Waals surface area contributed by atoms with Gasteiger partial charge in [0.05, 0.1) is 7.11 Å². The largest absolute Gasteiger partial charge is 0.468 e. The maximum Gasteiger partial charge on any atom is 0.353 e. The lowest BCUT2D eigenvalue weighted by Gasteiger charge is -2.21. The van der Waals surface area contributed by atoms with Crippen molar-refractivity contribution < 1.29 is 49.9 Å². The summed E-state index contributed by atoms with van der Waals surface area (Å²) >= 11 is 0. The van der Waals surface area contributed by atoms with E-state index in [0.29, 0.717) is 0 Å². The Morgan fingerprint density at radius 3 is 1.64 bits per heavy atom. The highest BCUT2D eigenvalue weighted by Gasteiger charge is 2.47. The van der Waals surface area contributed by atoms with E-state index in [1.165, 1.54) is 5.32 Å². The lowest BCUT2D eigenvalue weighted by Crippen LogP contribution is -2.37. The van der Waals surface area contributed by atoms with Crippen LogP contribution in [0.2, 0.25) is 0 Å². The van der Waals surface area contributed by atoms with E-state index in [-0.39, 0.29) is 0 Å². The zero-order chi connectivity index (χ0) is 19.5. The number of carbonyl (C=O) groups is 2. The maximum atomic E-state index is 13.6. The van der Waals surface area contributed by atoms with Gasteiger partial charge in [0.15, 0.2) is 23.3 Å². The van der Waals surface area contributed by atoms with Gasteiger partial charge >= 0.3 is 13.6 Å². The Balaban J connectivity index is 3.41. The van der Waals surface area contributed by atoms with Crippen molar-refractivity contribution in [3.63, 3.8) is 0 Å². The van der Waals surface area contributed by atoms with Crippen LogP contribution >= 0.6 is 7.60 Å². The molecule has 0 radical (unpaired) electrons. The van der Waals surface area contributed by atoms with Crippen molar-refractivity contribution in [2.24, 2.45) is 0 Å². The molecule has 0 aromatic heterocycles. The Morgan fingerprint density at radius 1 is 0.880 bits per heavy atom. The van der Waals surface area contributed by atoms with E-state index < -0.39 is 59.9 Å². The van der Waals surface area contributed by atoms with Crippen molar-refractivity contribution in [3.8, 4) is 0 Å². The topological polar surface area (TPSA) is 90.9 Å². The first-order valence-electron chi connectivity index (χ1n) is 6.17. The lowest BCUT2D eigenvalue weighted by molar-refractivity contribution is -0.142. The summed E-state index contributed by atoms with van der Waals surface area (Å²) in [5, 5.41) is 1.31. The molecule has 0 heterocycles. The van der Waals surface area contributed by atoms with E-state index in [9.17, 15) is 36.1 Å². The number of ether oxygens (including phenoxy) is 1. The van der Waals surface area contributed by atoms with Crippen LogP contribution in [0.5, 0.6) is 0 Å². The molecule has 0 fully saturated rings. The molecule has 0 aliphatic carbocycles. The molecule has 1 rings (SSSR count). The highest BCUT2D eigenvalue weighted by molar-refractivity contribution is 7.57. The van der Waals surface area contributed by atoms with E-state index in [4.69, 9.17) is 0 Å². The van der Waals surface area contributed by atoms with Crippen molar-refractivity contribution in [1.29, 1.82) is 0 Å². The van der Waals surface area contributed by atoms with Crippen LogP contribution in [0.1, 0.15) is 0 Å². The summed E-state index contributed by atoms with van der Waals surface area (Å²) in [5.41, 5.74) is -4.13.